The highest BCUT2D eigenvalue weighted by atomic mass is 19.1. The van der Waals surface area contributed by atoms with Crippen molar-refractivity contribution in [3.05, 3.63) is 60.2 Å². The van der Waals surface area contributed by atoms with Crippen LogP contribution < -0.4 is 5.32 Å². The number of aromatic nitrogens is 1. The van der Waals surface area contributed by atoms with E-state index in [9.17, 15) is 14.0 Å². The number of benzene rings is 1. The highest BCUT2D eigenvalue weighted by Crippen LogP contribution is 2.53. The van der Waals surface area contributed by atoms with Gasteiger partial charge in [-0.2, -0.15) is 0 Å². The summed E-state index contributed by atoms with van der Waals surface area (Å²) in [5.74, 6) is 0.629. The number of pyridine rings is 1. The third-order valence-corrected chi connectivity index (χ3v) is 8.18. The first-order valence-electron chi connectivity index (χ1n) is 13.0. The van der Waals surface area contributed by atoms with E-state index >= 15 is 0 Å². The topological polar surface area (TPSA) is 77.5 Å². The van der Waals surface area contributed by atoms with Crippen LogP contribution in [0, 0.1) is 35.4 Å². The van der Waals surface area contributed by atoms with Crippen LogP contribution in [0.25, 0.3) is 17.2 Å². The number of hydrogen-bond donors (Lipinski definition) is 1. The molecule has 1 saturated heterocycles. The molecule has 7 atom stereocenters. The molecule has 6 nitrogen and oxygen atoms in total. The summed E-state index contributed by atoms with van der Waals surface area (Å²) >= 11 is 0. The summed E-state index contributed by atoms with van der Waals surface area (Å²) in [5, 5.41) is 3.00. The van der Waals surface area contributed by atoms with E-state index in [-0.39, 0.29) is 47.8 Å². The Kier molecular flexibility index (Phi) is 7.08. The Bertz CT molecular complexity index is 1130. The standard InChI is InChI=1S/C29H33FN2O4/c1-3-35-29(34)32-23-10-11-24-20(14-23)15-26-27(17(2)36-28(26)33)25(24)12-9-22-8-7-19(16-31-22)18-5-4-6-21(30)13-18/h4-9,12-13,16-17,20,23-27H,3,10-11,14-15H2,1-2H3,(H,32,34)/t17-,20+,23?,24?,25?,26?,27+/m1/s1. The molecule has 1 aliphatic heterocycles. The number of nitrogens with zero attached hydrogens (tertiary/aromatic N) is 1. The van der Waals surface area contributed by atoms with Gasteiger partial charge in [0.25, 0.3) is 0 Å². The van der Waals surface area contributed by atoms with Crippen LogP contribution in [0.15, 0.2) is 48.7 Å². The molecule has 0 spiro atoms. The van der Waals surface area contributed by atoms with Crippen molar-refractivity contribution in [2.24, 2.45) is 29.6 Å². The van der Waals surface area contributed by atoms with E-state index in [1.54, 1.807) is 19.2 Å². The fourth-order valence-corrected chi connectivity index (χ4v) is 6.64. The van der Waals surface area contributed by atoms with Gasteiger partial charge in [0, 0.05) is 23.7 Å². The minimum Gasteiger partial charge on any atom is -0.462 e. The molecular formula is C29H33FN2O4. The minimum absolute atomic E-state index is 0.0679. The predicted molar refractivity (Wildman–Crippen MR) is 134 cm³/mol. The SMILES string of the molecule is CCOC(=O)NC1CCC2C(C=Cc3ccc(-c4cccc(F)c4)cn3)[C@H]3C(C[C@@H]2C1)C(=O)O[C@@H]3C. The summed E-state index contributed by atoms with van der Waals surface area (Å²) in [7, 11) is 0. The van der Waals surface area contributed by atoms with Gasteiger partial charge in [0.05, 0.1) is 18.2 Å². The third kappa shape index (κ3) is 5.01. The molecule has 1 amide bonds. The van der Waals surface area contributed by atoms with Crippen LogP contribution in [0.4, 0.5) is 9.18 Å². The smallest absolute Gasteiger partial charge is 0.407 e. The van der Waals surface area contributed by atoms with Crippen LogP contribution in [0.3, 0.4) is 0 Å². The van der Waals surface area contributed by atoms with Crippen LogP contribution in [-0.2, 0) is 14.3 Å². The zero-order valence-electron chi connectivity index (χ0n) is 20.7. The molecule has 2 aliphatic carbocycles. The summed E-state index contributed by atoms with van der Waals surface area (Å²) in [5.41, 5.74) is 2.48. The number of amides is 1. The monoisotopic (exact) mass is 492 g/mol. The van der Waals surface area contributed by atoms with Gasteiger partial charge in [0.1, 0.15) is 11.9 Å². The van der Waals surface area contributed by atoms with Crippen molar-refractivity contribution < 1.29 is 23.5 Å². The molecule has 2 saturated carbocycles. The third-order valence-electron chi connectivity index (χ3n) is 8.18. The fraction of sp³-hybridized carbons (Fsp3) is 0.483. The Morgan fingerprint density at radius 1 is 1.22 bits per heavy atom. The van der Waals surface area contributed by atoms with Gasteiger partial charge in [0.15, 0.2) is 0 Å². The highest BCUT2D eigenvalue weighted by Gasteiger charge is 2.54. The molecule has 2 aromatic rings. The Hall–Kier alpha value is -3.22. The van der Waals surface area contributed by atoms with Gasteiger partial charge in [-0.1, -0.05) is 24.3 Å². The van der Waals surface area contributed by atoms with Gasteiger partial charge in [-0.3, -0.25) is 9.78 Å². The molecular weight excluding hydrogens is 459 g/mol. The Balaban J connectivity index is 1.34. The van der Waals surface area contributed by atoms with Gasteiger partial charge in [-0.05, 0) is 87.1 Å². The molecule has 0 bridgehead atoms. The molecule has 4 unspecified atom stereocenters. The number of fused-ring (bicyclic) bond motifs is 2. The lowest BCUT2D eigenvalue weighted by atomic mass is 9.57. The number of hydrogen-bond acceptors (Lipinski definition) is 5. The maximum atomic E-state index is 13.6. The van der Waals surface area contributed by atoms with Crippen LogP contribution in [-0.4, -0.2) is 35.8 Å². The van der Waals surface area contributed by atoms with Crippen molar-refractivity contribution >= 4 is 18.1 Å². The number of ether oxygens (including phenoxy) is 2. The molecule has 3 aliphatic rings. The van der Waals surface area contributed by atoms with E-state index in [2.05, 4.69) is 16.4 Å². The van der Waals surface area contributed by atoms with E-state index in [0.29, 0.717) is 18.4 Å². The summed E-state index contributed by atoms with van der Waals surface area (Å²) in [6.45, 7) is 4.15. The van der Waals surface area contributed by atoms with Crippen molar-refractivity contribution in [3.63, 3.8) is 0 Å². The lowest BCUT2D eigenvalue weighted by Gasteiger charge is -2.47. The number of carbonyl (C=O) groups is 2. The summed E-state index contributed by atoms with van der Waals surface area (Å²) in [6.07, 6.45) is 9.07. The molecule has 1 aromatic carbocycles. The average Bonchev–Trinajstić information content (AvgIpc) is 3.15. The largest absolute Gasteiger partial charge is 0.462 e. The van der Waals surface area contributed by atoms with Crippen LogP contribution in [0.5, 0.6) is 0 Å². The molecule has 1 N–H and O–H groups in total. The maximum Gasteiger partial charge on any atom is 0.407 e. The normalized spacial score (nSPS) is 31.4. The molecule has 7 heteroatoms. The fourth-order valence-electron chi connectivity index (χ4n) is 6.64. The second-order valence-electron chi connectivity index (χ2n) is 10.3. The second kappa shape index (κ2) is 10.4. The lowest BCUT2D eigenvalue weighted by Crippen LogP contribution is -2.48. The van der Waals surface area contributed by atoms with Crippen molar-refractivity contribution in [2.45, 2.75) is 51.7 Å². The summed E-state index contributed by atoms with van der Waals surface area (Å²) in [6, 6.07) is 10.4. The first-order valence-corrected chi connectivity index (χ1v) is 13.0. The molecule has 5 rings (SSSR count). The zero-order chi connectivity index (χ0) is 25.2. The van der Waals surface area contributed by atoms with Gasteiger partial charge in [-0.25, -0.2) is 9.18 Å². The summed E-state index contributed by atoms with van der Waals surface area (Å²) in [4.78, 5) is 29.2. The zero-order valence-corrected chi connectivity index (χ0v) is 20.7. The van der Waals surface area contributed by atoms with Crippen LogP contribution >= 0.6 is 0 Å². The molecule has 3 fully saturated rings. The number of cyclic esters (lactones) is 1. The van der Waals surface area contributed by atoms with Crippen molar-refractivity contribution in [1.82, 2.24) is 10.3 Å². The molecule has 1 aromatic heterocycles. The highest BCUT2D eigenvalue weighted by molar-refractivity contribution is 5.75. The molecule has 2 heterocycles. The lowest BCUT2D eigenvalue weighted by molar-refractivity contribution is -0.144. The van der Waals surface area contributed by atoms with E-state index < -0.39 is 0 Å². The number of esters is 1. The number of allylic oxidation sites excluding steroid dienone is 1. The van der Waals surface area contributed by atoms with Crippen molar-refractivity contribution in [2.75, 3.05) is 6.61 Å². The minimum atomic E-state index is -0.368. The molecule has 0 radical (unpaired) electrons. The van der Waals surface area contributed by atoms with Crippen LogP contribution in [0.1, 0.15) is 45.2 Å². The molecule has 190 valence electrons. The van der Waals surface area contributed by atoms with E-state index in [1.807, 2.05) is 31.2 Å². The van der Waals surface area contributed by atoms with E-state index in [1.165, 1.54) is 12.1 Å². The average molecular weight is 493 g/mol. The number of nitrogens with one attached hydrogen (secondary N) is 1. The van der Waals surface area contributed by atoms with E-state index in [0.717, 1.165) is 42.5 Å². The first-order chi connectivity index (χ1) is 17.4. The van der Waals surface area contributed by atoms with Gasteiger partial charge in [-0.15, -0.1) is 0 Å². The summed E-state index contributed by atoms with van der Waals surface area (Å²) < 4.78 is 24.3. The Morgan fingerprint density at radius 3 is 2.83 bits per heavy atom. The second-order valence-corrected chi connectivity index (χ2v) is 10.3. The Morgan fingerprint density at radius 2 is 2.08 bits per heavy atom. The van der Waals surface area contributed by atoms with Crippen molar-refractivity contribution in [3.8, 4) is 11.1 Å². The number of alkyl carbamates (subject to hydrolysis) is 1. The van der Waals surface area contributed by atoms with Gasteiger partial charge >= 0.3 is 12.1 Å². The number of carbonyl (C=O) groups excluding carboxylic acids is 2. The van der Waals surface area contributed by atoms with Crippen LogP contribution in [0.2, 0.25) is 0 Å². The number of rotatable bonds is 5. The molecule has 36 heavy (non-hydrogen) atoms. The first kappa shape index (κ1) is 24.5. The van der Waals surface area contributed by atoms with Gasteiger partial charge in [0.2, 0.25) is 0 Å². The van der Waals surface area contributed by atoms with E-state index in [4.69, 9.17) is 9.47 Å². The quantitative estimate of drug-likeness (QED) is 0.548. The predicted octanol–water partition coefficient (Wildman–Crippen LogP) is 5.63. The number of halogens is 1. The van der Waals surface area contributed by atoms with Crippen molar-refractivity contribution in [1.29, 1.82) is 0 Å². The Labute approximate surface area is 211 Å². The van der Waals surface area contributed by atoms with Gasteiger partial charge < -0.3 is 14.8 Å². The maximum absolute atomic E-state index is 13.6.